The van der Waals surface area contributed by atoms with Gasteiger partial charge in [-0.3, -0.25) is 4.79 Å². The zero-order chi connectivity index (χ0) is 15.0. The van der Waals surface area contributed by atoms with Gasteiger partial charge in [-0.2, -0.15) is 5.26 Å². The maximum atomic E-state index is 11.8. The topological polar surface area (TPSA) is 82.2 Å². The predicted octanol–water partition coefficient (Wildman–Crippen LogP) is 2.49. The molecule has 0 heterocycles. The number of benzene rings is 1. The first-order valence-corrected chi connectivity index (χ1v) is 6.81. The van der Waals surface area contributed by atoms with E-state index in [2.05, 4.69) is 11.4 Å². The van der Waals surface area contributed by atoms with Gasteiger partial charge in [0, 0.05) is 24.4 Å². The Hall–Kier alpha value is -1.77. The largest absolute Gasteiger partial charge is 0.397 e. The first-order chi connectivity index (χ1) is 9.52. The smallest absolute Gasteiger partial charge is 0.224 e. The summed E-state index contributed by atoms with van der Waals surface area (Å²) in [6.07, 6.45) is 1.66. The van der Waals surface area contributed by atoms with Gasteiger partial charge in [0.05, 0.1) is 17.4 Å². The molecule has 5 nitrogen and oxygen atoms in total. The van der Waals surface area contributed by atoms with E-state index in [9.17, 15) is 4.79 Å². The second-order valence-electron chi connectivity index (χ2n) is 4.59. The molecule has 3 N–H and O–H groups in total. The molecule has 0 saturated carbocycles. The summed E-state index contributed by atoms with van der Waals surface area (Å²) < 4.78 is 0. The van der Waals surface area contributed by atoms with Crippen LogP contribution in [0.2, 0.25) is 5.02 Å². The highest BCUT2D eigenvalue weighted by Gasteiger charge is 2.06. The van der Waals surface area contributed by atoms with E-state index in [0.717, 1.165) is 19.5 Å². The van der Waals surface area contributed by atoms with Gasteiger partial charge >= 0.3 is 0 Å². The number of nitrogen functional groups attached to an aromatic ring is 1. The zero-order valence-electron chi connectivity index (χ0n) is 11.5. The molecule has 0 aliphatic carbocycles. The lowest BCUT2D eigenvalue weighted by atomic mass is 10.2. The van der Waals surface area contributed by atoms with Gasteiger partial charge in [-0.05, 0) is 38.2 Å². The van der Waals surface area contributed by atoms with Crippen molar-refractivity contribution in [3.8, 4) is 6.07 Å². The van der Waals surface area contributed by atoms with Crippen molar-refractivity contribution in [2.45, 2.75) is 19.3 Å². The fourth-order valence-corrected chi connectivity index (χ4v) is 1.90. The summed E-state index contributed by atoms with van der Waals surface area (Å²) in [6, 6.07) is 7.07. The summed E-state index contributed by atoms with van der Waals surface area (Å²) in [5, 5.41) is 11.8. The quantitative estimate of drug-likeness (QED) is 0.757. The average molecular weight is 295 g/mol. The maximum absolute atomic E-state index is 11.8. The van der Waals surface area contributed by atoms with Gasteiger partial charge < -0.3 is 16.0 Å². The molecule has 0 saturated heterocycles. The Labute approximate surface area is 124 Å². The highest BCUT2D eigenvalue weighted by atomic mass is 35.5. The van der Waals surface area contributed by atoms with Crippen LogP contribution in [0.5, 0.6) is 0 Å². The van der Waals surface area contributed by atoms with Crippen LogP contribution in [-0.2, 0) is 4.79 Å². The molecule has 20 heavy (non-hydrogen) atoms. The minimum absolute atomic E-state index is 0.0762. The first kappa shape index (κ1) is 16.3. The van der Waals surface area contributed by atoms with Crippen LogP contribution in [0.25, 0.3) is 0 Å². The molecule has 1 amide bonds. The molecule has 0 unspecified atom stereocenters. The second kappa shape index (κ2) is 8.41. The molecule has 0 fully saturated rings. The number of carbonyl (C=O) groups is 1. The lowest BCUT2D eigenvalue weighted by Crippen LogP contribution is -2.22. The number of halogens is 1. The van der Waals surface area contributed by atoms with E-state index < -0.39 is 0 Å². The summed E-state index contributed by atoms with van der Waals surface area (Å²) in [4.78, 5) is 13.8. The third-order valence-electron chi connectivity index (χ3n) is 2.84. The number of nitriles is 1. The molecular weight excluding hydrogens is 276 g/mol. The number of carbonyl (C=O) groups excluding carboxylic acids is 1. The van der Waals surface area contributed by atoms with E-state index in [1.165, 1.54) is 0 Å². The van der Waals surface area contributed by atoms with Crippen molar-refractivity contribution >= 4 is 28.9 Å². The predicted molar refractivity (Wildman–Crippen MR) is 81.5 cm³/mol. The van der Waals surface area contributed by atoms with E-state index in [0.29, 0.717) is 29.2 Å². The second-order valence-corrected chi connectivity index (χ2v) is 5.03. The van der Waals surface area contributed by atoms with E-state index in [4.69, 9.17) is 22.6 Å². The molecule has 0 radical (unpaired) electrons. The van der Waals surface area contributed by atoms with Gasteiger partial charge in [0.2, 0.25) is 5.91 Å². The highest BCUT2D eigenvalue weighted by molar-refractivity contribution is 6.31. The van der Waals surface area contributed by atoms with Crippen molar-refractivity contribution in [2.24, 2.45) is 0 Å². The third kappa shape index (κ3) is 5.91. The van der Waals surface area contributed by atoms with Crippen molar-refractivity contribution in [1.29, 1.82) is 5.26 Å². The summed E-state index contributed by atoms with van der Waals surface area (Å²) in [6.45, 7) is 1.51. The van der Waals surface area contributed by atoms with E-state index in [1.54, 1.807) is 18.2 Å². The van der Waals surface area contributed by atoms with Crippen LogP contribution in [0.1, 0.15) is 19.3 Å². The zero-order valence-corrected chi connectivity index (χ0v) is 12.3. The van der Waals surface area contributed by atoms with Crippen molar-refractivity contribution in [3.63, 3.8) is 0 Å². The molecular formula is C14H19ClN4O. The molecule has 0 spiro atoms. The van der Waals surface area contributed by atoms with Gasteiger partial charge in [0.15, 0.2) is 0 Å². The number of nitrogens with zero attached hydrogens (tertiary/aromatic N) is 2. The SMILES string of the molecule is CN(CCC#N)CCCC(=O)Nc1ccc(Cl)cc1N. The Kier molecular flexibility index (Phi) is 6.85. The van der Waals surface area contributed by atoms with Crippen LogP contribution in [0.15, 0.2) is 18.2 Å². The van der Waals surface area contributed by atoms with Crippen molar-refractivity contribution in [3.05, 3.63) is 23.2 Å². The van der Waals surface area contributed by atoms with Gasteiger partial charge in [-0.15, -0.1) is 0 Å². The average Bonchev–Trinajstić information content (AvgIpc) is 2.39. The number of nitrogens with one attached hydrogen (secondary N) is 1. The van der Waals surface area contributed by atoms with E-state index in [-0.39, 0.29) is 5.91 Å². The van der Waals surface area contributed by atoms with E-state index >= 15 is 0 Å². The normalized spacial score (nSPS) is 10.3. The Balaban J connectivity index is 2.32. The Morgan fingerprint density at radius 3 is 2.90 bits per heavy atom. The fourth-order valence-electron chi connectivity index (χ4n) is 1.72. The van der Waals surface area contributed by atoms with Gasteiger partial charge in [0.25, 0.3) is 0 Å². The molecule has 0 aromatic heterocycles. The van der Waals surface area contributed by atoms with Crippen LogP contribution < -0.4 is 11.1 Å². The molecule has 0 aliphatic rings. The molecule has 6 heteroatoms. The van der Waals surface area contributed by atoms with Crippen molar-refractivity contribution in [2.75, 3.05) is 31.2 Å². The van der Waals surface area contributed by atoms with Crippen LogP contribution in [0.3, 0.4) is 0 Å². The molecule has 1 aromatic rings. The van der Waals surface area contributed by atoms with Crippen LogP contribution in [0, 0.1) is 11.3 Å². The number of nitrogens with two attached hydrogens (primary N) is 1. The van der Waals surface area contributed by atoms with Crippen LogP contribution in [0.4, 0.5) is 11.4 Å². The molecule has 0 bridgehead atoms. The van der Waals surface area contributed by atoms with Crippen LogP contribution >= 0.6 is 11.6 Å². The van der Waals surface area contributed by atoms with Gasteiger partial charge in [0.1, 0.15) is 0 Å². The lowest BCUT2D eigenvalue weighted by Gasteiger charge is -2.14. The Bertz CT molecular complexity index is 498. The van der Waals surface area contributed by atoms with E-state index in [1.807, 2.05) is 11.9 Å². The number of hydrogen-bond acceptors (Lipinski definition) is 4. The Morgan fingerprint density at radius 1 is 1.50 bits per heavy atom. The number of rotatable bonds is 7. The van der Waals surface area contributed by atoms with Gasteiger partial charge in [-0.1, -0.05) is 11.6 Å². The third-order valence-corrected chi connectivity index (χ3v) is 3.07. The van der Waals surface area contributed by atoms with Crippen LogP contribution in [-0.4, -0.2) is 30.9 Å². The molecule has 1 rings (SSSR count). The fraction of sp³-hybridized carbons (Fsp3) is 0.429. The molecule has 0 aliphatic heterocycles. The first-order valence-electron chi connectivity index (χ1n) is 6.43. The summed E-state index contributed by atoms with van der Waals surface area (Å²) in [7, 11) is 1.94. The standard InChI is InChI=1S/C14H19ClN4O/c1-19(9-3-7-16)8-2-4-14(20)18-13-6-5-11(15)10-12(13)17/h5-6,10H,2-4,8-9,17H2,1H3,(H,18,20). The summed E-state index contributed by atoms with van der Waals surface area (Å²) >= 11 is 5.79. The number of anilines is 2. The van der Waals surface area contributed by atoms with Crippen molar-refractivity contribution < 1.29 is 4.79 Å². The molecule has 108 valence electrons. The molecule has 1 aromatic carbocycles. The summed E-state index contributed by atoms with van der Waals surface area (Å²) in [5.41, 5.74) is 6.80. The minimum Gasteiger partial charge on any atom is -0.397 e. The number of amides is 1. The monoisotopic (exact) mass is 294 g/mol. The lowest BCUT2D eigenvalue weighted by molar-refractivity contribution is -0.116. The maximum Gasteiger partial charge on any atom is 0.224 e. The Morgan fingerprint density at radius 2 is 2.25 bits per heavy atom. The number of hydrogen-bond donors (Lipinski definition) is 2. The molecule has 0 atom stereocenters. The van der Waals surface area contributed by atoms with Crippen molar-refractivity contribution in [1.82, 2.24) is 4.90 Å². The summed E-state index contributed by atoms with van der Waals surface area (Å²) in [5.74, 6) is -0.0762. The van der Waals surface area contributed by atoms with Gasteiger partial charge in [-0.25, -0.2) is 0 Å². The minimum atomic E-state index is -0.0762. The highest BCUT2D eigenvalue weighted by Crippen LogP contribution is 2.22.